The molecular formula is C47H39F9N4O8. The summed E-state index contributed by atoms with van der Waals surface area (Å²) < 4.78 is 126. The van der Waals surface area contributed by atoms with Crippen molar-refractivity contribution < 1.29 is 78.2 Å². The monoisotopic (exact) mass is 958 g/mol. The Labute approximate surface area is 381 Å². The van der Waals surface area contributed by atoms with Gasteiger partial charge >= 0.3 is 30.2 Å². The number of alkyl halides is 6. The van der Waals surface area contributed by atoms with E-state index in [-0.39, 0.29) is 46.8 Å². The number of amides is 3. The lowest BCUT2D eigenvalue weighted by molar-refractivity contribution is -0.140. The topological polar surface area (TPSA) is 186 Å². The Morgan fingerprint density at radius 3 is 1.29 bits per heavy atom. The molecule has 21 heteroatoms. The fourth-order valence-corrected chi connectivity index (χ4v) is 5.22. The Bertz CT molecular complexity index is 2680. The summed E-state index contributed by atoms with van der Waals surface area (Å²) in [5.41, 5.74) is 5.59. The van der Waals surface area contributed by atoms with Crippen molar-refractivity contribution in [2.45, 2.75) is 26.2 Å². The average molecular weight is 959 g/mol. The highest BCUT2D eigenvalue weighted by molar-refractivity contribution is 6.07. The number of nitrogens with two attached hydrogens (primary N) is 1. The second-order valence-electron chi connectivity index (χ2n) is 13.2. The number of hydroxylamine groups is 1. The van der Waals surface area contributed by atoms with E-state index in [1.54, 1.807) is 43.3 Å². The summed E-state index contributed by atoms with van der Waals surface area (Å²) >= 11 is 0. The number of carbonyl (C=O) groups excluding carboxylic acids is 5. The molecule has 6 N–H and O–H groups in total. The lowest BCUT2D eigenvalue weighted by Crippen LogP contribution is -2.18. The molecule has 5 aromatic rings. The lowest BCUT2D eigenvalue weighted by Gasteiger charge is -2.11. The summed E-state index contributed by atoms with van der Waals surface area (Å²) in [5.74, 6) is -8.61. The quantitative estimate of drug-likeness (QED) is 0.0203. The number of nitrogen functional groups attached to an aromatic ring is 1. The molecule has 0 radical (unpaired) electrons. The van der Waals surface area contributed by atoms with Crippen molar-refractivity contribution >= 4 is 65.0 Å². The number of nitrogens with one attached hydrogen (secondary N) is 3. The molecular weight excluding hydrogens is 920 g/mol. The van der Waals surface area contributed by atoms with Crippen LogP contribution in [0.15, 0.2) is 139 Å². The molecule has 5 aromatic carbocycles. The molecule has 0 heterocycles. The van der Waals surface area contributed by atoms with Gasteiger partial charge < -0.3 is 25.8 Å². The second-order valence-corrected chi connectivity index (χ2v) is 13.2. The van der Waals surface area contributed by atoms with Gasteiger partial charge in [-0.15, -0.1) is 0 Å². The molecule has 0 spiro atoms. The zero-order valence-corrected chi connectivity index (χ0v) is 35.5. The summed E-state index contributed by atoms with van der Waals surface area (Å²) in [6, 6.07) is 26.1. The molecule has 0 aliphatic rings. The maximum absolute atomic E-state index is 13.8. The van der Waals surface area contributed by atoms with E-state index in [0.717, 1.165) is 48.0 Å². The number of anilines is 3. The van der Waals surface area contributed by atoms with E-state index in [0.29, 0.717) is 23.4 Å². The van der Waals surface area contributed by atoms with Crippen molar-refractivity contribution in [3.05, 3.63) is 178 Å². The zero-order chi connectivity index (χ0) is 50.6. The van der Waals surface area contributed by atoms with Crippen LogP contribution in [0.2, 0.25) is 0 Å². The Hall–Kier alpha value is -8.20. The molecule has 0 saturated carbocycles. The molecule has 0 atom stereocenters. The van der Waals surface area contributed by atoms with Gasteiger partial charge in [-0.05, 0) is 86.7 Å². The van der Waals surface area contributed by atoms with Crippen LogP contribution in [0.25, 0.3) is 18.2 Å². The van der Waals surface area contributed by atoms with Crippen molar-refractivity contribution in [1.82, 2.24) is 5.48 Å². The standard InChI is InChI=1S/C19H15F4NO3.C17H12F4N2O3.C11H12FNO2/c1-2-27-18(26)15(20)11-12-6-3-4-9-16(12)24-17(25)13-7-5-8-14(10-13)19(21,22)23;18-13(16(25)23-26)9-10-4-1-2-7-14(10)22-15(24)11-5-3-6-12(8-11)17(19,20)21;1-2-15-11(14)9(12)7-8-5-3-4-6-10(8)13/h3-11H,2H2,1H3,(H,24,25);1-9,26H,(H,22,24)(H,23,25);3-7H,2,13H2,1H3/b15-11-;13-9-;9-7-. The number of hydrogen-bond donors (Lipinski definition) is 5. The fraction of sp³-hybridized carbons (Fsp3) is 0.128. The van der Waals surface area contributed by atoms with E-state index >= 15 is 0 Å². The van der Waals surface area contributed by atoms with Gasteiger partial charge in [0.25, 0.3) is 11.8 Å². The van der Waals surface area contributed by atoms with E-state index in [2.05, 4.69) is 20.1 Å². The van der Waals surface area contributed by atoms with E-state index in [1.807, 2.05) is 0 Å². The van der Waals surface area contributed by atoms with Crippen molar-refractivity contribution in [2.75, 3.05) is 29.6 Å². The van der Waals surface area contributed by atoms with Crippen molar-refractivity contribution in [1.29, 1.82) is 0 Å². The number of benzene rings is 5. The number of rotatable bonds is 12. The number of esters is 2. The number of carbonyl (C=O) groups is 5. The normalized spacial score (nSPS) is 11.7. The molecule has 358 valence electrons. The Balaban J connectivity index is 0.000000282. The van der Waals surface area contributed by atoms with E-state index in [4.69, 9.17) is 10.9 Å². The van der Waals surface area contributed by atoms with Crippen LogP contribution in [0, 0.1) is 0 Å². The minimum atomic E-state index is -4.60. The zero-order valence-electron chi connectivity index (χ0n) is 35.5. The number of halogens is 9. The van der Waals surface area contributed by atoms with Gasteiger partial charge in [-0.2, -0.15) is 35.1 Å². The van der Waals surface area contributed by atoms with Gasteiger partial charge in [-0.3, -0.25) is 19.6 Å². The van der Waals surface area contributed by atoms with Crippen molar-refractivity contribution in [2.24, 2.45) is 0 Å². The van der Waals surface area contributed by atoms with Gasteiger partial charge in [-0.1, -0.05) is 66.7 Å². The molecule has 12 nitrogen and oxygen atoms in total. The van der Waals surface area contributed by atoms with Gasteiger partial charge in [-0.25, -0.2) is 19.5 Å². The number of hydrogen-bond acceptors (Lipinski definition) is 9. The molecule has 0 aromatic heterocycles. The molecule has 0 aliphatic heterocycles. The molecule has 5 rings (SSSR count). The minimum Gasteiger partial charge on any atom is -0.461 e. The summed E-state index contributed by atoms with van der Waals surface area (Å²) in [5, 5.41) is 13.2. The lowest BCUT2D eigenvalue weighted by atomic mass is 10.1. The smallest absolute Gasteiger partial charge is 0.416 e. The van der Waals surface area contributed by atoms with Crippen LogP contribution in [0.3, 0.4) is 0 Å². The number of para-hydroxylation sites is 3. The van der Waals surface area contributed by atoms with E-state index in [9.17, 15) is 63.5 Å². The third-order valence-corrected chi connectivity index (χ3v) is 8.42. The van der Waals surface area contributed by atoms with Gasteiger partial charge in [0, 0.05) is 44.9 Å². The summed E-state index contributed by atoms with van der Waals surface area (Å²) in [6.45, 7) is 3.27. The van der Waals surface area contributed by atoms with Gasteiger partial charge in [0.05, 0.1) is 24.3 Å². The first-order chi connectivity index (χ1) is 32.1. The first-order valence-corrected chi connectivity index (χ1v) is 19.5. The molecule has 0 bridgehead atoms. The fourth-order valence-electron chi connectivity index (χ4n) is 5.22. The third kappa shape index (κ3) is 17.0. The minimum absolute atomic E-state index is 0.00593. The highest BCUT2D eigenvalue weighted by Gasteiger charge is 2.32. The Kier molecular flexibility index (Phi) is 20.3. The maximum atomic E-state index is 13.8. The SMILES string of the molecule is CCOC(=O)/C(F)=C/c1ccccc1N.CCOC(=O)/C(F)=C/c1ccccc1NC(=O)c1cccc(C(F)(F)F)c1.O=C(NO)/C(F)=C/c1ccccc1NC(=O)c1cccc(C(F)(F)F)c1. The molecule has 0 fully saturated rings. The van der Waals surface area contributed by atoms with Gasteiger partial charge in [0.2, 0.25) is 11.7 Å². The van der Waals surface area contributed by atoms with Crippen LogP contribution in [0.4, 0.5) is 56.6 Å². The summed E-state index contributed by atoms with van der Waals surface area (Å²) in [7, 11) is 0. The van der Waals surface area contributed by atoms with Crippen molar-refractivity contribution in [3.8, 4) is 0 Å². The summed E-state index contributed by atoms with van der Waals surface area (Å²) in [4.78, 5) is 57.8. The third-order valence-electron chi connectivity index (χ3n) is 8.42. The van der Waals surface area contributed by atoms with Gasteiger partial charge in [0.1, 0.15) is 0 Å². The highest BCUT2D eigenvalue weighted by Crippen LogP contribution is 2.31. The molecule has 0 unspecified atom stereocenters. The van der Waals surface area contributed by atoms with Gasteiger partial charge in [0.15, 0.2) is 5.83 Å². The Morgan fingerprint density at radius 1 is 0.544 bits per heavy atom. The van der Waals surface area contributed by atoms with Crippen LogP contribution in [-0.2, 0) is 36.2 Å². The molecule has 3 amide bonds. The van der Waals surface area contributed by atoms with Crippen LogP contribution in [0.1, 0.15) is 62.4 Å². The average Bonchev–Trinajstić information content (AvgIpc) is 3.30. The van der Waals surface area contributed by atoms with Crippen LogP contribution >= 0.6 is 0 Å². The number of ether oxygens (including phenoxy) is 2. The summed E-state index contributed by atoms with van der Waals surface area (Å²) in [6.07, 6.45) is -6.49. The largest absolute Gasteiger partial charge is 0.461 e. The van der Waals surface area contributed by atoms with E-state index < -0.39 is 70.6 Å². The second kappa shape index (κ2) is 25.5. The highest BCUT2D eigenvalue weighted by atomic mass is 19.4. The van der Waals surface area contributed by atoms with E-state index in [1.165, 1.54) is 55.5 Å². The van der Waals surface area contributed by atoms with Crippen LogP contribution in [-0.4, -0.2) is 48.1 Å². The molecule has 0 saturated heterocycles. The van der Waals surface area contributed by atoms with Crippen molar-refractivity contribution in [3.63, 3.8) is 0 Å². The molecule has 0 aliphatic carbocycles. The van der Waals surface area contributed by atoms with Crippen LogP contribution in [0.5, 0.6) is 0 Å². The first-order valence-electron chi connectivity index (χ1n) is 19.5. The first kappa shape index (κ1) is 54.1. The Morgan fingerprint density at radius 2 is 0.912 bits per heavy atom. The van der Waals surface area contributed by atoms with Crippen LogP contribution < -0.4 is 21.8 Å². The molecule has 68 heavy (non-hydrogen) atoms. The predicted molar refractivity (Wildman–Crippen MR) is 233 cm³/mol. The predicted octanol–water partition coefficient (Wildman–Crippen LogP) is 10.7. The maximum Gasteiger partial charge on any atom is 0.416 e.